The Labute approximate surface area is 151 Å². The highest BCUT2D eigenvalue weighted by Gasteiger charge is 2.23. The van der Waals surface area contributed by atoms with Gasteiger partial charge in [0.2, 0.25) is 5.52 Å². The Morgan fingerprint density at radius 3 is 2.70 bits per heavy atom. The Bertz CT molecular complexity index is 1250. The average Bonchev–Trinajstić information content (AvgIpc) is 2.91. The second-order valence-corrected chi connectivity index (χ2v) is 8.05. The number of fused-ring (bicyclic) bond motifs is 3. The molecule has 0 saturated heterocycles. The molecule has 3 heteroatoms. The lowest BCUT2D eigenvalue weighted by Crippen LogP contribution is -2.19. The van der Waals surface area contributed by atoms with Crippen LogP contribution in [0.1, 0.15) is 11.1 Å². The second kappa shape index (κ2) is 4.65. The van der Waals surface area contributed by atoms with Crippen LogP contribution in [0.5, 0.6) is 0 Å². The van der Waals surface area contributed by atoms with Crippen LogP contribution in [-0.4, -0.2) is 0 Å². The van der Waals surface area contributed by atoms with E-state index in [4.69, 9.17) is 0 Å². The van der Waals surface area contributed by atoms with E-state index in [2.05, 4.69) is 81.7 Å². The van der Waals surface area contributed by atoms with Gasteiger partial charge in [-0.2, -0.15) is 0 Å². The fraction of sp³-hybridized carbons (Fsp3) is 0.0500. The van der Waals surface area contributed by atoms with Crippen LogP contribution >= 0.6 is 34.2 Å². The van der Waals surface area contributed by atoms with Crippen molar-refractivity contribution in [1.29, 1.82) is 0 Å². The zero-order valence-electron chi connectivity index (χ0n) is 12.6. The van der Waals surface area contributed by atoms with Crippen LogP contribution in [0, 0.1) is 6.92 Å². The number of hydrogen-bond acceptors (Lipinski definition) is 1. The first-order chi connectivity index (χ1) is 11.2. The summed E-state index contributed by atoms with van der Waals surface area (Å²) in [6.45, 7) is 6.27. The summed E-state index contributed by atoms with van der Waals surface area (Å²) in [4.78, 5) is 0. The van der Waals surface area contributed by atoms with Gasteiger partial charge in [-0.25, -0.2) is 0 Å². The van der Waals surface area contributed by atoms with Crippen molar-refractivity contribution in [1.82, 2.24) is 0 Å². The number of halogens is 1. The minimum absolute atomic E-state index is 1.25. The van der Waals surface area contributed by atoms with Crippen molar-refractivity contribution in [2.45, 2.75) is 6.92 Å². The normalized spacial score (nSPS) is 12.1. The Kier molecular flexibility index (Phi) is 2.77. The summed E-state index contributed by atoms with van der Waals surface area (Å²) in [5, 5.41) is 6.80. The van der Waals surface area contributed by atoms with E-state index in [1.165, 1.54) is 53.0 Å². The summed E-state index contributed by atoms with van der Waals surface area (Å²) in [5.74, 6) is 0. The number of rotatable bonds is 1. The molecule has 0 aliphatic carbocycles. The first-order valence-electron chi connectivity index (χ1n) is 7.53. The molecule has 1 nitrogen and oxygen atoms in total. The number of pyridine rings is 1. The van der Waals surface area contributed by atoms with Gasteiger partial charge >= 0.3 is 22.9 Å². The summed E-state index contributed by atoms with van der Waals surface area (Å²) < 4.78 is 4.96. The largest absolute Gasteiger partial charge is 0.354 e. The smallest absolute Gasteiger partial charge is 0.136 e. The summed E-state index contributed by atoms with van der Waals surface area (Å²) in [6.07, 6.45) is 4.13. The van der Waals surface area contributed by atoms with Gasteiger partial charge in [-0.3, -0.25) is 0 Å². The first kappa shape index (κ1) is 13.7. The maximum atomic E-state index is 4.09. The summed E-state index contributed by atoms with van der Waals surface area (Å²) in [6, 6.07) is 13.3. The van der Waals surface area contributed by atoms with Crippen molar-refractivity contribution >= 4 is 82.1 Å². The average molecular weight is 426 g/mol. The van der Waals surface area contributed by atoms with Crippen LogP contribution in [-0.2, 0) is 0 Å². The van der Waals surface area contributed by atoms with Gasteiger partial charge in [-0.15, -0.1) is 14.1 Å². The molecule has 0 bridgehead atoms. The highest BCUT2D eigenvalue weighted by Crippen LogP contribution is 2.46. The quantitative estimate of drug-likeness (QED) is 0.221. The number of nitrogens with zero attached hydrogens (tertiary/aromatic N) is 1. The molecule has 0 amide bonds. The summed E-state index contributed by atoms with van der Waals surface area (Å²) in [5.41, 5.74) is 3.84. The summed E-state index contributed by atoms with van der Waals surface area (Å²) >= 11 is 4.28. The molecule has 3 aromatic carbocycles. The lowest BCUT2D eigenvalue weighted by Gasteiger charge is -2.10. The first-order valence-corrected chi connectivity index (χ1v) is 9.31. The molecule has 0 fully saturated rings. The fourth-order valence-electron chi connectivity index (χ4n) is 3.80. The maximum Gasteiger partial charge on any atom is 0.354 e. The van der Waals surface area contributed by atoms with E-state index in [1.54, 1.807) is 0 Å². The van der Waals surface area contributed by atoms with E-state index in [1.807, 2.05) is 17.4 Å². The number of benzene rings is 3. The molecule has 2 aromatic heterocycles. The van der Waals surface area contributed by atoms with Crippen LogP contribution in [0.2, 0.25) is 0 Å². The van der Waals surface area contributed by atoms with Gasteiger partial charge in [-0.05, 0) is 41.6 Å². The van der Waals surface area contributed by atoms with Crippen LogP contribution in [0.3, 0.4) is 0 Å². The number of thiophene rings is 1. The van der Waals surface area contributed by atoms with E-state index in [0.717, 1.165) is 0 Å². The Morgan fingerprint density at radius 2 is 1.87 bits per heavy atom. The fourth-order valence-corrected chi connectivity index (χ4v) is 5.72. The SMILES string of the molecule is C=Cc1c(C)cc2sc3cccc4c5ccc[n+](I)c5c1c2c34. The third-order valence-corrected chi connectivity index (χ3v) is 6.62. The zero-order valence-corrected chi connectivity index (χ0v) is 15.5. The molecular weight excluding hydrogens is 413 g/mol. The number of aryl methyl sites for hydroxylation is 1. The number of aromatic nitrogens is 1. The van der Waals surface area contributed by atoms with E-state index in [-0.39, 0.29) is 0 Å². The molecule has 0 spiro atoms. The van der Waals surface area contributed by atoms with E-state index in [9.17, 15) is 0 Å². The lowest BCUT2D eigenvalue weighted by atomic mass is 9.92. The van der Waals surface area contributed by atoms with E-state index < -0.39 is 0 Å². The Hall–Kier alpha value is -1.72. The van der Waals surface area contributed by atoms with Gasteiger partial charge in [0, 0.05) is 26.2 Å². The van der Waals surface area contributed by atoms with Crippen molar-refractivity contribution in [3.05, 3.63) is 60.3 Å². The van der Waals surface area contributed by atoms with Crippen LogP contribution < -0.4 is 2.78 Å². The van der Waals surface area contributed by atoms with Crippen molar-refractivity contribution in [2.24, 2.45) is 0 Å². The maximum absolute atomic E-state index is 4.09. The molecule has 0 unspecified atom stereocenters. The molecule has 0 atom stereocenters. The van der Waals surface area contributed by atoms with Crippen molar-refractivity contribution in [3.63, 3.8) is 0 Å². The molecule has 0 saturated carbocycles. The monoisotopic (exact) mass is 426 g/mol. The minimum atomic E-state index is 1.25. The second-order valence-electron chi connectivity index (χ2n) is 5.92. The van der Waals surface area contributed by atoms with Gasteiger partial charge in [0.05, 0.1) is 10.8 Å². The highest BCUT2D eigenvalue weighted by molar-refractivity contribution is 14.1. The molecule has 0 aliphatic heterocycles. The number of hydrogen-bond donors (Lipinski definition) is 0. The lowest BCUT2D eigenvalue weighted by molar-refractivity contribution is -0.406. The van der Waals surface area contributed by atoms with Crippen LogP contribution in [0.4, 0.5) is 0 Å². The predicted octanol–water partition coefficient (Wildman–Crippen LogP) is 6.24. The molecule has 0 radical (unpaired) electrons. The van der Waals surface area contributed by atoms with Crippen molar-refractivity contribution in [2.75, 3.05) is 0 Å². The molecule has 23 heavy (non-hydrogen) atoms. The third-order valence-electron chi connectivity index (χ3n) is 4.71. The van der Waals surface area contributed by atoms with Crippen LogP contribution in [0.15, 0.2) is 49.2 Å². The molecule has 5 aromatic rings. The highest BCUT2D eigenvalue weighted by atomic mass is 127. The predicted molar refractivity (Wildman–Crippen MR) is 110 cm³/mol. The molecular formula is C20H13INS+. The van der Waals surface area contributed by atoms with Crippen LogP contribution in [0.25, 0.3) is 47.9 Å². The Morgan fingerprint density at radius 1 is 1.04 bits per heavy atom. The summed E-state index contributed by atoms with van der Waals surface area (Å²) in [7, 11) is 0. The zero-order chi connectivity index (χ0) is 15.7. The van der Waals surface area contributed by atoms with Gasteiger partial charge in [0.1, 0.15) is 0 Å². The van der Waals surface area contributed by atoms with E-state index >= 15 is 0 Å². The van der Waals surface area contributed by atoms with Gasteiger partial charge in [0.15, 0.2) is 6.20 Å². The van der Waals surface area contributed by atoms with Gasteiger partial charge < -0.3 is 0 Å². The molecule has 0 N–H and O–H groups in total. The van der Waals surface area contributed by atoms with Gasteiger partial charge in [-0.1, -0.05) is 24.8 Å². The van der Waals surface area contributed by atoms with Crippen molar-refractivity contribution in [3.8, 4) is 0 Å². The molecule has 5 rings (SSSR count). The minimum Gasteiger partial charge on any atom is -0.136 e. The van der Waals surface area contributed by atoms with Gasteiger partial charge in [0.25, 0.3) is 0 Å². The standard InChI is InChI=1S/C20H13INS/c1-3-12-11(2)10-16-19-17-13(6-4-8-15(17)23-16)14-7-5-9-22(21)20(14)18(12)19/h3-10H,1H2,2H3/q+1. The topological polar surface area (TPSA) is 3.88 Å². The molecule has 110 valence electrons. The molecule has 0 aliphatic rings. The van der Waals surface area contributed by atoms with E-state index in [0.29, 0.717) is 0 Å². The van der Waals surface area contributed by atoms with Crippen molar-refractivity contribution < 1.29 is 2.78 Å². The molecule has 2 heterocycles. The Balaban J connectivity index is 2.33. The third kappa shape index (κ3) is 1.64.